The smallest absolute Gasteiger partial charge is 0.283 e. The van der Waals surface area contributed by atoms with Crippen molar-refractivity contribution in [3.8, 4) is 0 Å². The van der Waals surface area contributed by atoms with Crippen LogP contribution < -0.4 is 10.9 Å². The van der Waals surface area contributed by atoms with Gasteiger partial charge < -0.3 is 10.1 Å². The molecule has 1 aromatic rings. The van der Waals surface area contributed by atoms with E-state index in [0.29, 0.717) is 10.4 Å². The molecule has 2 aliphatic rings. The van der Waals surface area contributed by atoms with Crippen molar-refractivity contribution in [1.29, 1.82) is 0 Å². The molecule has 1 aliphatic heterocycles. The Hall–Kier alpha value is -0.880. The van der Waals surface area contributed by atoms with Gasteiger partial charge in [-0.1, -0.05) is 0 Å². The van der Waals surface area contributed by atoms with Crippen molar-refractivity contribution in [1.82, 2.24) is 9.78 Å². The number of hydrogen-bond donors (Lipinski definition) is 1. The highest BCUT2D eigenvalue weighted by Gasteiger charge is 2.40. The molecule has 1 aliphatic carbocycles. The Labute approximate surface area is 126 Å². The summed E-state index contributed by atoms with van der Waals surface area (Å²) in [6.45, 7) is 4.69. The first-order valence-electron chi connectivity index (χ1n) is 7.23. The lowest BCUT2D eigenvalue weighted by atomic mass is 10.1. The summed E-state index contributed by atoms with van der Waals surface area (Å²) in [4.78, 5) is 12.2. The second-order valence-electron chi connectivity index (χ2n) is 5.93. The average Bonchev–Trinajstić information content (AvgIpc) is 3.15. The first-order chi connectivity index (χ1) is 9.58. The summed E-state index contributed by atoms with van der Waals surface area (Å²) in [6.07, 6.45) is 5.53. The Morgan fingerprint density at radius 2 is 2.20 bits per heavy atom. The molecule has 1 saturated heterocycles. The van der Waals surface area contributed by atoms with E-state index in [4.69, 9.17) is 4.74 Å². The molecule has 2 heterocycles. The number of nitrogens with zero attached hydrogens (tertiary/aromatic N) is 2. The van der Waals surface area contributed by atoms with Crippen molar-refractivity contribution < 1.29 is 4.74 Å². The Kier molecular flexibility index (Phi) is 3.86. The third kappa shape index (κ3) is 2.63. The first-order valence-corrected chi connectivity index (χ1v) is 8.02. The lowest BCUT2D eigenvalue weighted by Crippen LogP contribution is -2.33. The van der Waals surface area contributed by atoms with E-state index in [9.17, 15) is 4.79 Å². The van der Waals surface area contributed by atoms with Gasteiger partial charge in [0, 0.05) is 6.61 Å². The van der Waals surface area contributed by atoms with E-state index in [-0.39, 0.29) is 23.7 Å². The fourth-order valence-corrected chi connectivity index (χ4v) is 3.17. The van der Waals surface area contributed by atoms with Gasteiger partial charge in [-0.3, -0.25) is 4.79 Å². The maximum atomic E-state index is 12.2. The molecule has 1 aromatic heterocycles. The highest BCUT2D eigenvalue weighted by molar-refractivity contribution is 9.10. The predicted octanol–water partition coefficient (Wildman–Crippen LogP) is 2.57. The zero-order chi connectivity index (χ0) is 14.3. The minimum absolute atomic E-state index is 0.0573. The van der Waals surface area contributed by atoms with Crippen LogP contribution in [0.4, 0.5) is 5.69 Å². The van der Waals surface area contributed by atoms with Gasteiger partial charge >= 0.3 is 0 Å². The van der Waals surface area contributed by atoms with Crippen LogP contribution in [0.15, 0.2) is 15.5 Å². The van der Waals surface area contributed by atoms with Gasteiger partial charge in [-0.05, 0) is 55.0 Å². The number of hydrogen-bond acceptors (Lipinski definition) is 4. The van der Waals surface area contributed by atoms with Crippen LogP contribution in [0.25, 0.3) is 0 Å². The number of nitrogens with one attached hydrogen (secondary N) is 1. The Bertz CT molecular complexity index is 554. The van der Waals surface area contributed by atoms with Gasteiger partial charge in [0.05, 0.1) is 30.1 Å². The van der Waals surface area contributed by atoms with Crippen molar-refractivity contribution in [2.24, 2.45) is 5.92 Å². The lowest BCUT2D eigenvalue weighted by Gasteiger charge is -2.21. The maximum absolute atomic E-state index is 12.2. The van der Waals surface area contributed by atoms with E-state index in [1.807, 2.05) is 13.8 Å². The standard InChI is InChI=1S/C14H20BrN3O2/c1-8(2)18-14(19)12(15)11(7-16-18)17-10-5-6-20-13(10)9-3-4-9/h7-10,13,17H,3-6H2,1-2H3. The van der Waals surface area contributed by atoms with Gasteiger partial charge in [-0.15, -0.1) is 0 Å². The second kappa shape index (κ2) is 5.48. The summed E-state index contributed by atoms with van der Waals surface area (Å²) in [5, 5.41) is 7.68. The van der Waals surface area contributed by atoms with Gasteiger partial charge in [-0.2, -0.15) is 5.10 Å². The van der Waals surface area contributed by atoms with Gasteiger partial charge in [0.15, 0.2) is 0 Å². The number of anilines is 1. The van der Waals surface area contributed by atoms with Crippen LogP contribution in [0.2, 0.25) is 0 Å². The summed E-state index contributed by atoms with van der Waals surface area (Å²) in [6, 6.07) is 0.344. The Morgan fingerprint density at radius 3 is 2.85 bits per heavy atom. The van der Waals surface area contributed by atoms with Gasteiger partial charge in [0.1, 0.15) is 4.47 Å². The quantitative estimate of drug-likeness (QED) is 0.914. The lowest BCUT2D eigenvalue weighted by molar-refractivity contribution is 0.0898. The zero-order valence-corrected chi connectivity index (χ0v) is 13.4. The Balaban J connectivity index is 1.80. The van der Waals surface area contributed by atoms with E-state index in [1.54, 1.807) is 6.20 Å². The molecule has 0 amide bonds. The molecular formula is C14H20BrN3O2. The molecule has 0 bridgehead atoms. The van der Waals surface area contributed by atoms with E-state index < -0.39 is 0 Å². The van der Waals surface area contributed by atoms with Gasteiger partial charge in [0.2, 0.25) is 0 Å². The first kappa shape index (κ1) is 14.1. The van der Waals surface area contributed by atoms with Crippen molar-refractivity contribution >= 4 is 21.6 Å². The van der Waals surface area contributed by atoms with Gasteiger partial charge in [-0.25, -0.2) is 4.68 Å². The highest BCUT2D eigenvalue weighted by atomic mass is 79.9. The maximum Gasteiger partial charge on any atom is 0.283 e. The molecule has 5 nitrogen and oxygen atoms in total. The van der Waals surface area contributed by atoms with Crippen LogP contribution in [-0.4, -0.2) is 28.5 Å². The SMILES string of the molecule is CC(C)n1ncc(NC2CCOC2C2CC2)c(Br)c1=O. The highest BCUT2D eigenvalue weighted by Crippen LogP contribution is 2.39. The normalized spacial score (nSPS) is 26.2. The van der Waals surface area contributed by atoms with Crippen molar-refractivity contribution in [3.63, 3.8) is 0 Å². The topological polar surface area (TPSA) is 56.1 Å². The van der Waals surface area contributed by atoms with E-state index in [2.05, 4.69) is 26.3 Å². The molecule has 110 valence electrons. The monoisotopic (exact) mass is 341 g/mol. The molecule has 2 unspecified atom stereocenters. The zero-order valence-electron chi connectivity index (χ0n) is 11.8. The Morgan fingerprint density at radius 1 is 1.45 bits per heavy atom. The number of ether oxygens (including phenoxy) is 1. The molecule has 6 heteroatoms. The average molecular weight is 342 g/mol. The third-order valence-corrected chi connectivity index (χ3v) is 4.76. The molecule has 1 saturated carbocycles. The molecule has 1 N–H and O–H groups in total. The van der Waals surface area contributed by atoms with Crippen LogP contribution in [0, 0.1) is 5.92 Å². The minimum atomic E-state index is -0.0908. The van der Waals surface area contributed by atoms with Crippen LogP contribution in [-0.2, 0) is 4.74 Å². The number of halogens is 1. The third-order valence-electron chi connectivity index (χ3n) is 4.00. The van der Waals surface area contributed by atoms with E-state index in [0.717, 1.165) is 18.7 Å². The number of rotatable bonds is 4. The molecule has 3 rings (SSSR count). The summed E-state index contributed by atoms with van der Waals surface area (Å²) in [5.41, 5.74) is 0.680. The van der Waals surface area contributed by atoms with Crippen molar-refractivity contribution in [3.05, 3.63) is 21.0 Å². The predicted molar refractivity (Wildman–Crippen MR) is 81.1 cm³/mol. The molecule has 2 fully saturated rings. The molecule has 0 spiro atoms. The molecular weight excluding hydrogens is 322 g/mol. The van der Waals surface area contributed by atoms with Crippen LogP contribution in [0.3, 0.4) is 0 Å². The molecule has 20 heavy (non-hydrogen) atoms. The van der Waals surface area contributed by atoms with Crippen LogP contribution in [0.1, 0.15) is 39.2 Å². The fourth-order valence-electron chi connectivity index (χ4n) is 2.77. The van der Waals surface area contributed by atoms with Crippen molar-refractivity contribution in [2.75, 3.05) is 11.9 Å². The second-order valence-corrected chi connectivity index (χ2v) is 6.72. The van der Waals surface area contributed by atoms with E-state index in [1.165, 1.54) is 17.5 Å². The minimum Gasteiger partial charge on any atom is -0.377 e. The van der Waals surface area contributed by atoms with Crippen LogP contribution >= 0.6 is 15.9 Å². The molecule has 0 aromatic carbocycles. The molecule has 0 radical (unpaired) electrons. The summed E-state index contributed by atoms with van der Waals surface area (Å²) >= 11 is 3.40. The number of aromatic nitrogens is 2. The van der Waals surface area contributed by atoms with Gasteiger partial charge in [0.25, 0.3) is 5.56 Å². The van der Waals surface area contributed by atoms with E-state index >= 15 is 0 Å². The largest absolute Gasteiger partial charge is 0.377 e. The fraction of sp³-hybridized carbons (Fsp3) is 0.714. The van der Waals surface area contributed by atoms with Crippen molar-refractivity contribution in [2.45, 2.75) is 51.3 Å². The summed E-state index contributed by atoms with van der Waals surface area (Å²) in [7, 11) is 0. The molecule has 2 atom stereocenters. The van der Waals surface area contributed by atoms with Crippen LogP contribution in [0.5, 0.6) is 0 Å². The summed E-state index contributed by atoms with van der Waals surface area (Å²) in [5.74, 6) is 0.692. The summed E-state index contributed by atoms with van der Waals surface area (Å²) < 4.78 is 7.86.